The Hall–Kier alpha value is -3.97. The molecule has 1 unspecified atom stereocenters. The van der Waals surface area contributed by atoms with Crippen molar-refractivity contribution < 1.29 is 19.1 Å². The van der Waals surface area contributed by atoms with Gasteiger partial charge in [0, 0.05) is 12.6 Å². The molecule has 0 aromatic heterocycles. The molecule has 0 fully saturated rings. The standard InChI is InChI=1S/C28H29N3O4/c1-30(2)21(15-19-9-5-4-6-10-19)17-29-26(32)24-16-20(13-14-25(24)35-3)18-31-27(33)22-11-7-8-12-23(22)28(31)34/h4-14,16,21H,15,17-18H2,1-3H3,(H,29,32). The Kier molecular flexibility index (Phi) is 7.27. The molecule has 3 aromatic rings. The first-order chi connectivity index (χ1) is 16.9. The predicted octanol–water partition coefficient (Wildman–Crippen LogP) is 3.39. The summed E-state index contributed by atoms with van der Waals surface area (Å²) in [6, 6.07) is 22.2. The highest BCUT2D eigenvalue weighted by atomic mass is 16.5. The second kappa shape index (κ2) is 10.5. The van der Waals surface area contributed by atoms with Crippen LogP contribution in [0, 0.1) is 0 Å². The van der Waals surface area contributed by atoms with Gasteiger partial charge >= 0.3 is 0 Å². The van der Waals surface area contributed by atoms with Gasteiger partial charge in [-0.2, -0.15) is 0 Å². The second-order valence-electron chi connectivity index (χ2n) is 8.79. The highest BCUT2D eigenvalue weighted by molar-refractivity contribution is 6.21. The fourth-order valence-corrected chi connectivity index (χ4v) is 4.23. The Morgan fingerprint density at radius 2 is 1.54 bits per heavy atom. The van der Waals surface area contributed by atoms with Crippen LogP contribution in [0.5, 0.6) is 5.75 Å². The number of hydrogen-bond donors (Lipinski definition) is 1. The SMILES string of the molecule is COc1ccc(CN2C(=O)c3ccccc3C2=O)cc1C(=O)NCC(Cc1ccccc1)N(C)C. The van der Waals surface area contributed by atoms with Crippen molar-refractivity contribution in [2.75, 3.05) is 27.7 Å². The van der Waals surface area contributed by atoms with E-state index < -0.39 is 0 Å². The molecule has 1 heterocycles. The molecular weight excluding hydrogens is 442 g/mol. The van der Waals surface area contributed by atoms with Crippen molar-refractivity contribution in [2.45, 2.75) is 19.0 Å². The molecule has 7 nitrogen and oxygen atoms in total. The Morgan fingerprint density at radius 3 is 2.14 bits per heavy atom. The summed E-state index contributed by atoms with van der Waals surface area (Å²) in [6.45, 7) is 0.525. The Bertz CT molecular complexity index is 1200. The second-order valence-corrected chi connectivity index (χ2v) is 8.79. The van der Waals surface area contributed by atoms with Crippen LogP contribution in [0.2, 0.25) is 0 Å². The molecule has 0 saturated heterocycles. The van der Waals surface area contributed by atoms with E-state index in [1.54, 1.807) is 42.5 Å². The molecule has 1 atom stereocenters. The molecule has 3 amide bonds. The molecule has 0 aliphatic carbocycles. The van der Waals surface area contributed by atoms with Crippen LogP contribution in [-0.4, -0.2) is 61.3 Å². The third-order valence-corrected chi connectivity index (χ3v) is 6.27. The number of hydrogen-bond acceptors (Lipinski definition) is 5. The van der Waals surface area contributed by atoms with E-state index in [-0.39, 0.29) is 30.3 Å². The quantitative estimate of drug-likeness (QED) is 0.484. The van der Waals surface area contributed by atoms with Crippen LogP contribution in [-0.2, 0) is 13.0 Å². The fraction of sp³-hybridized carbons (Fsp3) is 0.250. The number of ether oxygens (including phenoxy) is 1. The average molecular weight is 472 g/mol. The molecule has 1 aliphatic heterocycles. The van der Waals surface area contributed by atoms with Crippen molar-refractivity contribution in [3.63, 3.8) is 0 Å². The molecule has 7 heteroatoms. The van der Waals surface area contributed by atoms with Crippen molar-refractivity contribution in [3.8, 4) is 5.75 Å². The molecule has 0 spiro atoms. The number of carbonyl (C=O) groups excluding carboxylic acids is 3. The van der Waals surface area contributed by atoms with Crippen molar-refractivity contribution in [2.24, 2.45) is 0 Å². The summed E-state index contributed by atoms with van der Waals surface area (Å²) in [5.41, 5.74) is 3.02. The normalized spacial score (nSPS) is 13.7. The molecule has 0 bridgehead atoms. The number of nitrogens with one attached hydrogen (secondary N) is 1. The lowest BCUT2D eigenvalue weighted by Crippen LogP contribution is -2.41. The molecule has 35 heavy (non-hydrogen) atoms. The number of imide groups is 1. The minimum Gasteiger partial charge on any atom is -0.496 e. The van der Waals surface area contributed by atoms with E-state index in [2.05, 4.69) is 22.3 Å². The number of carbonyl (C=O) groups is 3. The van der Waals surface area contributed by atoms with E-state index in [0.717, 1.165) is 6.42 Å². The van der Waals surface area contributed by atoms with Gasteiger partial charge in [-0.1, -0.05) is 48.5 Å². The van der Waals surface area contributed by atoms with Gasteiger partial charge in [-0.15, -0.1) is 0 Å². The summed E-state index contributed by atoms with van der Waals surface area (Å²) in [4.78, 5) is 41.9. The van der Waals surface area contributed by atoms with E-state index in [1.165, 1.54) is 17.6 Å². The zero-order chi connectivity index (χ0) is 24.9. The summed E-state index contributed by atoms with van der Waals surface area (Å²) in [5, 5.41) is 3.02. The van der Waals surface area contributed by atoms with Gasteiger partial charge in [-0.3, -0.25) is 19.3 Å². The first kappa shape index (κ1) is 24.2. The van der Waals surface area contributed by atoms with Crippen molar-refractivity contribution in [1.82, 2.24) is 15.1 Å². The smallest absolute Gasteiger partial charge is 0.261 e. The fourth-order valence-electron chi connectivity index (χ4n) is 4.23. The van der Waals surface area contributed by atoms with Gasteiger partial charge in [0.05, 0.1) is 30.3 Å². The molecule has 0 saturated carbocycles. The Balaban J connectivity index is 1.48. The van der Waals surface area contributed by atoms with Crippen LogP contribution in [0.1, 0.15) is 42.2 Å². The van der Waals surface area contributed by atoms with Crippen LogP contribution in [0.4, 0.5) is 0 Å². The first-order valence-electron chi connectivity index (χ1n) is 11.5. The highest BCUT2D eigenvalue weighted by Crippen LogP contribution is 2.26. The molecule has 1 aliphatic rings. The van der Waals surface area contributed by atoms with Crippen LogP contribution in [0.3, 0.4) is 0 Å². The molecule has 180 valence electrons. The number of fused-ring (bicyclic) bond motifs is 1. The summed E-state index contributed by atoms with van der Waals surface area (Å²) in [7, 11) is 5.49. The zero-order valence-corrected chi connectivity index (χ0v) is 20.2. The van der Waals surface area contributed by atoms with Gasteiger partial charge in [0.25, 0.3) is 17.7 Å². The van der Waals surface area contributed by atoms with Crippen LogP contribution in [0.25, 0.3) is 0 Å². The summed E-state index contributed by atoms with van der Waals surface area (Å²) < 4.78 is 5.42. The zero-order valence-electron chi connectivity index (χ0n) is 20.2. The first-order valence-corrected chi connectivity index (χ1v) is 11.5. The minimum absolute atomic E-state index is 0.0744. The number of nitrogens with zero attached hydrogens (tertiary/aromatic N) is 2. The van der Waals surface area contributed by atoms with Crippen LogP contribution >= 0.6 is 0 Å². The van der Waals surface area contributed by atoms with Gasteiger partial charge in [0.2, 0.25) is 0 Å². The van der Waals surface area contributed by atoms with E-state index in [0.29, 0.717) is 34.5 Å². The van der Waals surface area contributed by atoms with Gasteiger partial charge in [-0.05, 0) is 55.9 Å². The van der Waals surface area contributed by atoms with E-state index in [1.807, 2.05) is 32.3 Å². The van der Waals surface area contributed by atoms with Crippen molar-refractivity contribution in [3.05, 3.63) is 101 Å². The van der Waals surface area contributed by atoms with E-state index in [9.17, 15) is 14.4 Å². The van der Waals surface area contributed by atoms with Gasteiger partial charge in [-0.25, -0.2) is 0 Å². The molecular formula is C28H29N3O4. The maximum Gasteiger partial charge on any atom is 0.261 e. The summed E-state index contributed by atoms with van der Waals surface area (Å²) >= 11 is 0. The number of benzene rings is 3. The van der Waals surface area contributed by atoms with Crippen LogP contribution < -0.4 is 10.1 Å². The van der Waals surface area contributed by atoms with Gasteiger partial charge in [0.15, 0.2) is 0 Å². The van der Waals surface area contributed by atoms with E-state index >= 15 is 0 Å². The summed E-state index contributed by atoms with van der Waals surface area (Å²) in [5.74, 6) is -0.506. The lowest BCUT2D eigenvalue weighted by Gasteiger charge is -2.25. The number of likely N-dealkylation sites (N-methyl/N-ethyl adjacent to an activating group) is 1. The van der Waals surface area contributed by atoms with Gasteiger partial charge in [0.1, 0.15) is 5.75 Å². The van der Waals surface area contributed by atoms with Gasteiger partial charge < -0.3 is 15.0 Å². The highest BCUT2D eigenvalue weighted by Gasteiger charge is 2.35. The largest absolute Gasteiger partial charge is 0.496 e. The lowest BCUT2D eigenvalue weighted by atomic mass is 10.0. The topological polar surface area (TPSA) is 78.9 Å². The van der Waals surface area contributed by atoms with Crippen LogP contribution in [0.15, 0.2) is 72.8 Å². The predicted molar refractivity (Wildman–Crippen MR) is 134 cm³/mol. The molecule has 1 N–H and O–H groups in total. The number of methoxy groups -OCH3 is 1. The average Bonchev–Trinajstić information content (AvgIpc) is 3.11. The number of amides is 3. The minimum atomic E-state index is -0.331. The van der Waals surface area contributed by atoms with Crippen molar-refractivity contribution in [1.29, 1.82) is 0 Å². The molecule has 4 rings (SSSR count). The van der Waals surface area contributed by atoms with Crippen molar-refractivity contribution >= 4 is 17.7 Å². The third-order valence-electron chi connectivity index (χ3n) is 6.27. The maximum atomic E-state index is 13.1. The monoisotopic (exact) mass is 471 g/mol. The molecule has 3 aromatic carbocycles. The lowest BCUT2D eigenvalue weighted by molar-refractivity contribution is 0.0642. The summed E-state index contributed by atoms with van der Waals surface area (Å²) in [6.07, 6.45) is 0.797. The third kappa shape index (κ3) is 5.25. The molecule has 0 radical (unpaired) electrons. The Labute approximate surface area is 205 Å². The van der Waals surface area contributed by atoms with E-state index in [4.69, 9.17) is 4.74 Å². The Morgan fingerprint density at radius 1 is 0.914 bits per heavy atom. The number of rotatable bonds is 9. The maximum absolute atomic E-state index is 13.1.